The van der Waals surface area contributed by atoms with Crippen LogP contribution in [0.3, 0.4) is 0 Å². The topological polar surface area (TPSA) is 115 Å². The average molecular weight is 553 g/mol. The maximum Gasteiger partial charge on any atom is 0.148 e. The molecule has 10 heteroatoms. The lowest BCUT2D eigenvalue weighted by molar-refractivity contribution is 0.574. The van der Waals surface area contributed by atoms with Crippen LogP contribution in [0.25, 0.3) is 33.1 Å². The number of nitrogens with one attached hydrogen (secondary N) is 2. The van der Waals surface area contributed by atoms with Crippen molar-refractivity contribution < 1.29 is 12.8 Å². The number of hydrogen-bond acceptors (Lipinski definition) is 8. The fraction of sp³-hybridized carbons (Fsp3) is 0.167. The zero-order valence-corrected chi connectivity index (χ0v) is 22.7. The van der Waals surface area contributed by atoms with Gasteiger partial charge in [-0.15, -0.1) is 0 Å². The van der Waals surface area contributed by atoms with Crippen LogP contribution in [0.15, 0.2) is 96.0 Å². The summed E-state index contributed by atoms with van der Waals surface area (Å²) in [6, 6.07) is 24.3. The molecule has 3 aromatic carbocycles. The molecule has 6 rings (SSSR count). The first-order chi connectivity index (χ1) is 19.4. The lowest BCUT2D eigenvalue weighted by Gasteiger charge is -2.10. The summed E-state index contributed by atoms with van der Waals surface area (Å²) in [4.78, 5) is 8.95. The molecule has 0 saturated heterocycles. The van der Waals surface area contributed by atoms with Gasteiger partial charge in [-0.2, -0.15) is 5.10 Å². The molecular formula is C30H28N6O3S. The predicted octanol–water partition coefficient (Wildman–Crippen LogP) is 5.17. The quantitative estimate of drug-likeness (QED) is 0.224. The number of nitrogens with zero attached hydrogens (tertiary/aromatic N) is 4. The predicted molar refractivity (Wildman–Crippen MR) is 157 cm³/mol. The molecular weight excluding hydrogens is 524 g/mol. The van der Waals surface area contributed by atoms with Crippen molar-refractivity contribution in [2.45, 2.75) is 13.1 Å². The number of furan rings is 1. The molecule has 0 amide bonds. The number of fused-ring (bicyclic) bond motifs is 2. The fourth-order valence-electron chi connectivity index (χ4n) is 4.60. The van der Waals surface area contributed by atoms with Gasteiger partial charge in [0, 0.05) is 46.9 Å². The van der Waals surface area contributed by atoms with Crippen LogP contribution >= 0.6 is 0 Å². The highest BCUT2D eigenvalue weighted by Gasteiger charge is 2.11. The normalized spacial score (nSPS) is 11.8. The van der Waals surface area contributed by atoms with Crippen molar-refractivity contribution in [1.82, 2.24) is 25.1 Å². The summed E-state index contributed by atoms with van der Waals surface area (Å²) in [5, 5.41) is 13.1. The van der Waals surface area contributed by atoms with Crippen LogP contribution in [0.5, 0.6) is 0 Å². The van der Waals surface area contributed by atoms with Crippen molar-refractivity contribution in [1.29, 1.82) is 0 Å². The number of anilines is 2. The van der Waals surface area contributed by atoms with Crippen molar-refractivity contribution in [3.63, 3.8) is 0 Å². The van der Waals surface area contributed by atoms with Crippen molar-refractivity contribution in [2.75, 3.05) is 23.9 Å². The van der Waals surface area contributed by atoms with Crippen molar-refractivity contribution in [2.24, 2.45) is 0 Å². The van der Waals surface area contributed by atoms with E-state index in [0.717, 1.165) is 38.6 Å². The second kappa shape index (κ2) is 10.9. The first-order valence-corrected chi connectivity index (χ1v) is 14.9. The minimum atomic E-state index is -2.99. The van der Waals surface area contributed by atoms with E-state index in [-0.39, 0.29) is 5.75 Å². The smallest absolute Gasteiger partial charge is 0.148 e. The SMILES string of the molecule is CS(=O)(=O)CCNCc1coc(-c2ccc3ncnc(Nc4ccc5c(cnn5Cc5ccccc5)c4)c3c2)c1. The highest BCUT2D eigenvalue weighted by atomic mass is 32.2. The molecule has 6 aromatic rings. The van der Waals surface area contributed by atoms with E-state index < -0.39 is 9.84 Å². The summed E-state index contributed by atoms with van der Waals surface area (Å²) < 4.78 is 30.5. The van der Waals surface area contributed by atoms with Crippen LogP contribution < -0.4 is 10.6 Å². The molecule has 0 atom stereocenters. The molecule has 0 fully saturated rings. The molecule has 3 aromatic heterocycles. The summed E-state index contributed by atoms with van der Waals surface area (Å²) in [7, 11) is -2.99. The van der Waals surface area contributed by atoms with Crippen LogP contribution in [-0.4, -0.2) is 46.7 Å². The van der Waals surface area contributed by atoms with Gasteiger partial charge >= 0.3 is 0 Å². The monoisotopic (exact) mass is 552 g/mol. The third-order valence-corrected chi connectivity index (χ3v) is 7.58. The standard InChI is InChI=1S/C30H28N6O3S/c1-40(37,38)12-11-31-16-22-13-29(39-19-22)23-7-9-27-26(15-23)30(33-20-32-27)35-25-8-10-28-24(14-25)17-34-36(28)18-21-5-3-2-4-6-21/h2-10,13-15,17,19-20,31H,11-12,16,18H2,1H3,(H,32,33,35). The first-order valence-electron chi connectivity index (χ1n) is 12.9. The Bertz CT molecular complexity index is 1900. The maximum atomic E-state index is 11.3. The van der Waals surface area contributed by atoms with Crippen molar-refractivity contribution in [3.8, 4) is 11.3 Å². The number of hydrogen-bond donors (Lipinski definition) is 2. The third kappa shape index (κ3) is 5.88. The zero-order valence-electron chi connectivity index (χ0n) is 21.9. The van der Waals surface area contributed by atoms with Gasteiger partial charge in [0.2, 0.25) is 0 Å². The van der Waals surface area contributed by atoms with E-state index in [2.05, 4.69) is 50.0 Å². The van der Waals surface area contributed by atoms with Crippen LogP contribution in [0, 0.1) is 0 Å². The molecule has 2 N–H and O–H groups in total. The molecule has 0 unspecified atom stereocenters. The van der Waals surface area contributed by atoms with Gasteiger partial charge in [0.25, 0.3) is 0 Å². The Labute approximate surface area is 231 Å². The largest absolute Gasteiger partial charge is 0.464 e. The van der Waals surface area contributed by atoms with E-state index >= 15 is 0 Å². The summed E-state index contributed by atoms with van der Waals surface area (Å²) in [6.45, 7) is 1.62. The minimum Gasteiger partial charge on any atom is -0.464 e. The van der Waals surface area contributed by atoms with Gasteiger partial charge < -0.3 is 15.1 Å². The van der Waals surface area contributed by atoms with Crippen molar-refractivity contribution in [3.05, 3.63) is 103 Å². The van der Waals surface area contributed by atoms with E-state index in [1.165, 1.54) is 11.8 Å². The Kier molecular flexibility index (Phi) is 7.02. The first kappa shape index (κ1) is 25.7. The molecule has 0 aliphatic carbocycles. The molecule has 0 bridgehead atoms. The van der Waals surface area contributed by atoms with Crippen LogP contribution in [0.4, 0.5) is 11.5 Å². The molecule has 3 heterocycles. The highest BCUT2D eigenvalue weighted by molar-refractivity contribution is 7.90. The van der Waals surface area contributed by atoms with Crippen molar-refractivity contribution >= 4 is 43.1 Å². The Morgan fingerprint density at radius 2 is 1.82 bits per heavy atom. The summed E-state index contributed by atoms with van der Waals surface area (Å²) in [5.74, 6) is 1.50. The molecule has 0 aliphatic rings. The van der Waals surface area contributed by atoms with Gasteiger partial charge in [-0.3, -0.25) is 4.68 Å². The Hall–Kier alpha value is -4.54. The highest BCUT2D eigenvalue weighted by Crippen LogP contribution is 2.30. The molecule has 0 aliphatic heterocycles. The molecule has 40 heavy (non-hydrogen) atoms. The van der Waals surface area contributed by atoms with Gasteiger partial charge in [-0.25, -0.2) is 18.4 Å². The molecule has 0 saturated carbocycles. The average Bonchev–Trinajstić information content (AvgIpc) is 3.58. The van der Waals surface area contributed by atoms with Gasteiger partial charge in [0.05, 0.1) is 35.8 Å². The van der Waals surface area contributed by atoms with Crippen LogP contribution in [0.1, 0.15) is 11.1 Å². The molecule has 202 valence electrons. The van der Waals surface area contributed by atoms with Gasteiger partial charge in [-0.1, -0.05) is 30.3 Å². The number of aromatic nitrogens is 4. The molecule has 9 nitrogen and oxygen atoms in total. The number of rotatable bonds is 10. The maximum absolute atomic E-state index is 11.3. The number of benzene rings is 3. The van der Waals surface area contributed by atoms with Gasteiger partial charge in [0.15, 0.2) is 0 Å². The van der Waals surface area contributed by atoms with E-state index in [4.69, 9.17) is 4.42 Å². The second-order valence-electron chi connectivity index (χ2n) is 9.77. The Morgan fingerprint density at radius 1 is 0.950 bits per heavy atom. The zero-order chi connectivity index (χ0) is 27.5. The molecule has 0 spiro atoms. The Balaban J connectivity index is 1.21. The van der Waals surface area contributed by atoms with Crippen LogP contribution in [0.2, 0.25) is 0 Å². The summed E-state index contributed by atoms with van der Waals surface area (Å²) >= 11 is 0. The van der Waals surface area contributed by atoms with Gasteiger partial charge in [-0.05, 0) is 48.0 Å². The summed E-state index contributed by atoms with van der Waals surface area (Å²) in [5.41, 5.74) is 5.80. The lowest BCUT2D eigenvalue weighted by atomic mass is 10.1. The Morgan fingerprint density at radius 3 is 2.67 bits per heavy atom. The fourth-order valence-corrected chi connectivity index (χ4v) is 5.12. The third-order valence-electron chi connectivity index (χ3n) is 6.63. The van der Waals surface area contributed by atoms with E-state index in [9.17, 15) is 8.42 Å². The second-order valence-corrected chi connectivity index (χ2v) is 12.0. The van der Waals surface area contributed by atoms with E-state index in [1.807, 2.05) is 59.4 Å². The van der Waals surface area contributed by atoms with Crippen LogP contribution in [-0.2, 0) is 22.9 Å². The summed E-state index contributed by atoms with van der Waals surface area (Å²) in [6.07, 6.45) is 6.34. The van der Waals surface area contributed by atoms with Gasteiger partial charge in [0.1, 0.15) is 27.7 Å². The molecule has 0 radical (unpaired) electrons. The minimum absolute atomic E-state index is 0.0983. The van der Waals surface area contributed by atoms with E-state index in [0.29, 0.717) is 31.2 Å². The number of sulfone groups is 1. The lowest BCUT2D eigenvalue weighted by Crippen LogP contribution is -2.21. The van der Waals surface area contributed by atoms with E-state index in [1.54, 1.807) is 12.6 Å².